The standard InChI is InChI=1S/C12H13BrClNO3S/c1-8-3-2-4-15(8)12(16)9-5-10(13)7-11(6-9)19(14,17)18/h5-8H,2-4H2,1H3. The van der Waals surface area contributed by atoms with Crippen LogP contribution in [0.4, 0.5) is 0 Å². The SMILES string of the molecule is CC1CCCN1C(=O)c1cc(Br)cc(S(=O)(=O)Cl)c1. The van der Waals surface area contributed by atoms with Gasteiger partial charge in [0.15, 0.2) is 0 Å². The fourth-order valence-corrected chi connectivity index (χ4v) is 3.68. The Balaban J connectivity index is 2.40. The van der Waals surface area contributed by atoms with Crippen LogP contribution in [0.5, 0.6) is 0 Å². The normalized spacial score (nSPS) is 19.7. The predicted octanol–water partition coefficient (Wildman–Crippen LogP) is 3.00. The van der Waals surface area contributed by atoms with E-state index in [4.69, 9.17) is 10.7 Å². The van der Waals surface area contributed by atoms with Crippen LogP contribution in [0.25, 0.3) is 0 Å². The molecule has 1 fully saturated rings. The van der Waals surface area contributed by atoms with Crippen LogP contribution < -0.4 is 0 Å². The summed E-state index contributed by atoms with van der Waals surface area (Å²) in [7, 11) is 1.48. The lowest BCUT2D eigenvalue weighted by Gasteiger charge is -2.21. The molecule has 1 aliphatic rings. The summed E-state index contributed by atoms with van der Waals surface area (Å²) in [5, 5.41) is 0. The second-order valence-corrected chi connectivity index (χ2v) is 8.08. The zero-order valence-corrected chi connectivity index (χ0v) is 13.4. The average molecular weight is 367 g/mol. The number of rotatable bonds is 2. The van der Waals surface area contributed by atoms with Gasteiger partial charge in [0.1, 0.15) is 0 Å². The Kier molecular flexibility index (Phi) is 4.23. The Morgan fingerprint density at radius 1 is 1.42 bits per heavy atom. The first-order valence-electron chi connectivity index (χ1n) is 5.85. The van der Waals surface area contributed by atoms with Crippen molar-refractivity contribution in [3.05, 3.63) is 28.2 Å². The third-order valence-corrected chi connectivity index (χ3v) is 5.00. The van der Waals surface area contributed by atoms with Crippen molar-refractivity contribution in [2.24, 2.45) is 0 Å². The topological polar surface area (TPSA) is 54.5 Å². The molecule has 1 aromatic rings. The molecule has 4 nitrogen and oxygen atoms in total. The van der Waals surface area contributed by atoms with E-state index in [-0.39, 0.29) is 16.8 Å². The molecule has 19 heavy (non-hydrogen) atoms. The molecule has 1 unspecified atom stereocenters. The van der Waals surface area contributed by atoms with Crippen molar-refractivity contribution in [1.29, 1.82) is 0 Å². The van der Waals surface area contributed by atoms with Gasteiger partial charge in [0.05, 0.1) is 4.90 Å². The molecule has 1 atom stereocenters. The minimum Gasteiger partial charge on any atom is -0.336 e. The Labute approximate surface area is 125 Å². The van der Waals surface area contributed by atoms with Gasteiger partial charge in [-0.1, -0.05) is 15.9 Å². The van der Waals surface area contributed by atoms with E-state index in [1.54, 1.807) is 11.0 Å². The Bertz CT molecular complexity index is 617. The zero-order valence-electron chi connectivity index (χ0n) is 10.3. The van der Waals surface area contributed by atoms with Gasteiger partial charge in [0, 0.05) is 33.3 Å². The van der Waals surface area contributed by atoms with Gasteiger partial charge in [-0.2, -0.15) is 0 Å². The molecule has 0 saturated carbocycles. The van der Waals surface area contributed by atoms with E-state index in [0.717, 1.165) is 12.8 Å². The first-order chi connectivity index (χ1) is 8.79. The van der Waals surface area contributed by atoms with Crippen LogP contribution in [0.2, 0.25) is 0 Å². The van der Waals surface area contributed by atoms with Crippen molar-refractivity contribution in [2.45, 2.75) is 30.7 Å². The largest absolute Gasteiger partial charge is 0.336 e. The van der Waals surface area contributed by atoms with E-state index in [1.807, 2.05) is 6.92 Å². The highest BCUT2D eigenvalue weighted by atomic mass is 79.9. The number of amides is 1. The van der Waals surface area contributed by atoms with Gasteiger partial charge in [0.25, 0.3) is 15.0 Å². The number of hydrogen-bond acceptors (Lipinski definition) is 3. The molecular weight excluding hydrogens is 354 g/mol. The second-order valence-electron chi connectivity index (χ2n) is 4.60. The van der Waals surface area contributed by atoms with Crippen molar-refractivity contribution < 1.29 is 13.2 Å². The molecule has 1 aliphatic heterocycles. The predicted molar refractivity (Wildman–Crippen MR) is 76.9 cm³/mol. The molecule has 1 amide bonds. The van der Waals surface area contributed by atoms with E-state index in [9.17, 15) is 13.2 Å². The Morgan fingerprint density at radius 2 is 2.11 bits per heavy atom. The number of benzene rings is 1. The number of carbonyl (C=O) groups excluding carboxylic acids is 1. The van der Waals surface area contributed by atoms with Gasteiger partial charge in [-0.15, -0.1) is 0 Å². The zero-order chi connectivity index (χ0) is 14.2. The molecule has 1 aromatic carbocycles. The van der Waals surface area contributed by atoms with Crippen LogP contribution in [-0.4, -0.2) is 31.8 Å². The Morgan fingerprint density at radius 3 is 2.63 bits per heavy atom. The summed E-state index contributed by atoms with van der Waals surface area (Å²) in [6.07, 6.45) is 1.95. The van der Waals surface area contributed by atoms with Crippen LogP contribution in [-0.2, 0) is 9.05 Å². The first kappa shape index (κ1) is 14.8. The van der Waals surface area contributed by atoms with Gasteiger partial charge in [0.2, 0.25) is 0 Å². The second kappa shape index (κ2) is 5.42. The number of likely N-dealkylation sites (tertiary alicyclic amines) is 1. The van der Waals surface area contributed by atoms with Gasteiger partial charge < -0.3 is 4.90 Å². The summed E-state index contributed by atoms with van der Waals surface area (Å²) in [6, 6.07) is 4.49. The van der Waals surface area contributed by atoms with Gasteiger partial charge in [-0.05, 0) is 38.0 Å². The van der Waals surface area contributed by atoms with Gasteiger partial charge in [-0.3, -0.25) is 4.79 Å². The lowest BCUT2D eigenvalue weighted by Crippen LogP contribution is -2.33. The molecule has 0 N–H and O–H groups in total. The van der Waals surface area contributed by atoms with Crippen LogP contribution in [0.3, 0.4) is 0 Å². The van der Waals surface area contributed by atoms with Crippen molar-refractivity contribution in [3.8, 4) is 0 Å². The van der Waals surface area contributed by atoms with Crippen LogP contribution >= 0.6 is 26.6 Å². The fraction of sp³-hybridized carbons (Fsp3) is 0.417. The molecule has 0 aliphatic carbocycles. The molecule has 104 valence electrons. The maximum absolute atomic E-state index is 12.4. The highest BCUT2D eigenvalue weighted by Crippen LogP contribution is 2.25. The number of nitrogens with zero attached hydrogens (tertiary/aromatic N) is 1. The molecular formula is C12H13BrClNO3S. The minimum atomic E-state index is -3.85. The average Bonchev–Trinajstić information content (AvgIpc) is 2.72. The van der Waals surface area contributed by atoms with Gasteiger partial charge in [-0.25, -0.2) is 8.42 Å². The molecule has 0 radical (unpaired) electrons. The van der Waals surface area contributed by atoms with Crippen LogP contribution in [0, 0.1) is 0 Å². The monoisotopic (exact) mass is 365 g/mol. The molecule has 2 rings (SSSR count). The van der Waals surface area contributed by atoms with E-state index in [2.05, 4.69) is 15.9 Å². The summed E-state index contributed by atoms with van der Waals surface area (Å²) in [5.41, 5.74) is 0.336. The summed E-state index contributed by atoms with van der Waals surface area (Å²) in [5.74, 6) is -0.159. The molecule has 0 spiro atoms. The third kappa shape index (κ3) is 3.30. The number of hydrogen-bond donors (Lipinski definition) is 0. The lowest BCUT2D eigenvalue weighted by molar-refractivity contribution is 0.0747. The van der Waals surface area contributed by atoms with E-state index in [1.165, 1.54) is 12.1 Å². The smallest absolute Gasteiger partial charge is 0.261 e. The highest BCUT2D eigenvalue weighted by molar-refractivity contribution is 9.10. The van der Waals surface area contributed by atoms with E-state index in [0.29, 0.717) is 16.6 Å². The van der Waals surface area contributed by atoms with E-state index < -0.39 is 9.05 Å². The van der Waals surface area contributed by atoms with Crippen molar-refractivity contribution in [1.82, 2.24) is 4.90 Å². The molecule has 0 aromatic heterocycles. The van der Waals surface area contributed by atoms with Crippen molar-refractivity contribution in [3.63, 3.8) is 0 Å². The third-order valence-electron chi connectivity index (χ3n) is 3.21. The number of halogens is 2. The quantitative estimate of drug-likeness (QED) is 0.756. The number of carbonyl (C=O) groups is 1. The van der Waals surface area contributed by atoms with Crippen molar-refractivity contribution >= 4 is 41.6 Å². The summed E-state index contributed by atoms with van der Waals surface area (Å²) < 4.78 is 23.2. The fourth-order valence-electron chi connectivity index (χ4n) is 2.23. The van der Waals surface area contributed by atoms with Crippen molar-refractivity contribution in [2.75, 3.05) is 6.54 Å². The lowest BCUT2D eigenvalue weighted by atomic mass is 10.2. The molecule has 1 saturated heterocycles. The maximum atomic E-state index is 12.4. The van der Waals surface area contributed by atoms with Crippen LogP contribution in [0.1, 0.15) is 30.1 Å². The molecule has 7 heteroatoms. The first-order valence-corrected chi connectivity index (χ1v) is 8.95. The molecule has 1 heterocycles. The van der Waals surface area contributed by atoms with E-state index >= 15 is 0 Å². The minimum absolute atomic E-state index is 0.0706. The Hall–Kier alpha value is -0.590. The highest BCUT2D eigenvalue weighted by Gasteiger charge is 2.27. The summed E-state index contributed by atoms with van der Waals surface area (Å²) in [4.78, 5) is 14.0. The summed E-state index contributed by atoms with van der Waals surface area (Å²) >= 11 is 3.20. The van der Waals surface area contributed by atoms with Gasteiger partial charge >= 0.3 is 0 Å². The summed E-state index contributed by atoms with van der Waals surface area (Å²) in [6.45, 7) is 2.69. The van der Waals surface area contributed by atoms with Crippen LogP contribution in [0.15, 0.2) is 27.6 Å². The maximum Gasteiger partial charge on any atom is 0.261 e. The molecule has 0 bridgehead atoms.